The van der Waals surface area contributed by atoms with Crippen LogP contribution in [0.1, 0.15) is 48.2 Å². The van der Waals surface area contributed by atoms with Crippen LogP contribution in [-0.2, 0) is 0 Å². The van der Waals surface area contributed by atoms with Crippen LogP contribution in [0, 0.1) is 0 Å². The van der Waals surface area contributed by atoms with Gasteiger partial charge in [-0.25, -0.2) is 0 Å². The molecule has 0 amide bonds. The normalized spacial score (nSPS) is 22.6. The van der Waals surface area contributed by atoms with E-state index in [1.54, 1.807) is 0 Å². The van der Waals surface area contributed by atoms with Crippen molar-refractivity contribution in [1.29, 1.82) is 0 Å². The largest absolute Gasteiger partial charge is 0.324 e. The zero-order valence-electron chi connectivity index (χ0n) is 11.5. The highest BCUT2D eigenvalue weighted by Gasteiger charge is 2.28. The zero-order valence-corrected chi connectivity index (χ0v) is 13.1. The van der Waals surface area contributed by atoms with E-state index in [0.29, 0.717) is 12.1 Å². The molecule has 0 fully saturated rings. The lowest BCUT2D eigenvalue weighted by molar-refractivity contribution is 0.446. The van der Waals surface area contributed by atoms with Gasteiger partial charge in [0.15, 0.2) is 0 Å². The first-order valence-electron chi connectivity index (χ1n) is 7.01. The van der Waals surface area contributed by atoms with Crippen LogP contribution in [0.5, 0.6) is 0 Å². The summed E-state index contributed by atoms with van der Waals surface area (Å²) in [5.41, 5.74) is 10.2. The van der Waals surface area contributed by atoms with Crippen molar-refractivity contribution in [2.75, 3.05) is 0 Å². The summed E-state index contributed by atoms with van der Waals surface area (Å²) in [6.45, 7) is 2.20. The Morgan fingerprint density at radius 2 is 1.75 bits per heavy atom. The molecule has 2 aromatic carbocycles. The second kappa shape index (κ2) is 5.68. The van der Waals surface area contributed by atoms with Crippen LogP contribution < -0.4 is 11.1 Å². The molecular formula is C17H19BrN2. The highest BCUT2D eigenvalue weighted by molar-refractivity contribution is 9.10. The van der Waals surface area contributed by atoms with Gasteiger partial charge in [0.1, 0.15) is 0 Å². The second-order valence-corrected chi connectivity index (χ2v) is 6.38. The maximum Gasteiger partial charge on any atom is 0.0347 e. The second-order valence-electron chi connectivity index (χ2n) is 5.46. The van der Waals surface area contributed by atoms with Crippen LogP contribution >= 0.6 is 15.9 Å². The molecule has 3 unspecified atom stereocenters. The van der Waals surface area contributed by atoms with Crippen LogP contribution in [0.3, 0.4) is 0 Å². The van der Waals surface area contributed by atoms with Crippen molar-refractivity contribution in [3.63, 3.8) is 0 Å². The van der Waals surface area contributed by atoms with E-state index < -0.39 is 0 Å². The molecule has 3 heteroatoms. The first-order valence-corrected chi connectivity index (χ1v) is 7.80. The number of rotatable bonds is 3. The van der Waals surface area contributed by atoms with Crippen molar-refractivity contribution in [3.8, 4) is 0 Å². The highest BCUT2D eigenvalue weighted by atomic mass is 79.9. The van der Waals surface area contributed by atoms with Crippen molar-refractivity contribution in [2.24, 2.45) is 5.73 Å². The number of nitrogens with one attached hydrogen (secondary N) is 1. The molecule has 0 spiro atoms. The molecule has 20 heavy (non-hydrogen) atoms. The Balaban J connectivity index is 1.77. The van der Waals surface area contributed by atoms with Crippen LogP contribution in [0.25, 0.3) is 0 Å². The molecule has 3 rings (SSSR count). The molecule has 0 bridgehead atoms. The molecule has 0 aromatic heterocycles. The first-order chi connectivity index (χ1) is 9.65. The van der Waals surface area contributed by atoms with Gasteiger partial charge in [0, 0.05) is 22.6 Å². The Hall–Kier alpha value is -1.16. The topological polar surface area (TPSA) is 38.0 Å². The summed E-state index contributed by atoms with van der Waals surface area (Å²) in [4.78, 5) is 0. The van der Waals surface area contributed by atoms with E-state index in [-0.39, 0.29) is 6.04 Å². The summed E-state index contributed by atoms with van der Waals surface area (Å²) in [5, 5.41) is 3.71. The molecule has 2 nitrogen and oxygen atoms in total. The average molecular weight is 331 g/mol. The molecule has 3 atom stereocenters. The van der Waals surface area contributed by atoms with Crippen molar-refractivity contribution >= 4 is 15.9 Å². The van der Waals surface area contributed by atoms with Gasteiger partial charge in [-0.2, -0.15) is 0 Å². The van der Waals surface area contributed by atoms with Crippen LogP contribution in [0.4, 0.5) is 0 Å². The van der Waals surface area contributed by atoms with E-state index >= 15 is 0 Å². The predicted molar refractivity (Wildman–Crippen MR) is 86.4 cm³/mol. The lowest BCUT2D eigenvalue weighted by atomic mass is 10.0. The van der Waals surface area contributed by atoms with Gasteiger partial charge in [-0.1, -0.05) is 52.3 Å². The smallest absolute Gasteiger partial charge is 0.0347 e. The SMILES string of the molecule is CC(NC1CC(N)c2ccccc21)c1ccc(Br)cc1. The van der Waals surface area contributed by atoms with E-state index in [1.165, 1.54) is 16.7 Å². The number of fused-ring (bicyclic) bond motifs is 1. The van der Waals surface area contributed by atoms with Gasteiger partial charge in [-0.15, -0.1) is 0 Å². The number of hydrogen-bond donors (Lipinski definition) is 2. The molecule has 3 N–H and O–H groups in total. The van der Waals surface area contributed by atoms with Gasteiger partial charge in [-0.05, 0) is 42.2 Å². The quantitative estimate of drug-likeness (QED) is 0.883. The number of benzene rings is 2. The molecule has 0 saturated carbocycles. The molecule has 0 aliphatic heterocycles. The molecule has 0 heterocycles. The fourth-order valence-electron chi connectivity index (χ4n) is 2.98. The standard InChI is InChI=1S/C17H19BrN2/c1-11(12-6-8-13(18)9-7-12)20-17-10-16(19)14-4-2-3-5-15(14)17/h2-9,11,16-17,20H,10,19H2,1H3. The maximum absolute atomic E-state index is 6.22. The molecule has 0 radical (unpaired) electrons. The summed E-state index contributed by atoms with van der Waals surface area (Å²) in [6, 6.07) is 17.8. The molecule has 0 saturated heterocycles. The van der Waals surface area contributed by atoms with Crippen LogP contribution in [-0.4, -0.2) is 0 Å². The minimum Gasteiger partial charge on any atom is -0.324 e. The third-order valence-electron chi connectivity index (χ3n) is 4.08. The van der Waals surface area contributed by atoms with E-state index in [9.17, 15) is 0 Å². The number of hydrogen-bond acceptors (Lipinski definition) is 2. The van der Waals surface area contributed by atoms with Gasteiger partial charge in [0.25, 0.3) is 0 Å². The van der Waals surface area contributed by atoms with Crippen LogP contribution in [0.2, 0.25) is 0 Å². The average Bonchev–Trinajstić information content (AvgIpc) is 2.77. The summed E-state index contributed by atoms with van der Waals surface area (Å²) < 4.78 is 1.11. The summed E-state index contributed by atoms with van der Waals surface area (Å²) >= 11 is 3.48. The highest BCUT2D eigenvalue weighted by Crippen LogP contribution is 2.38. The van der Waals surface area contributed by atoms with Gasteiger partial charge < -0.3 is 11.1 Å². The van der Waals surface area contributed by atoms with Gasteiger partial charge in [0.05, 0.1) is 0 Å². The van der Waals surface area contributed by atoms with Gasteiger partial charge in [0.2, 0.25) is 0 Å². The lowest BCUT2D eigenvalue weighted by Gasteiger charge is -2.21. The van der Waals surface area contributed by atoms with E-state index in [4.69, 9.17) is 5.73 Å². The maximum atomic E-state index is 6.22. The predicted octanol–water partition coefficient (Wildman–Crippen LogP) is 4.24. The fourth-order valence-corrected chi connectivity index (χ4v) is 3.25. The minimum atomic E-state index is 0.154. The van der Waals surface area contributed by atoms with E-state index in [0.717, 1.165) is 10.9 Å². The Bertz CT molecular complexity index is 594. The first kappa shape index (κ1) is 13.8. The third-order valence-corrected chi connectivity index (χ3v) is 4.61. The zero-order chi connectivity index (χ0) is 14.1. The minimum absolute atomic E-state index is 0.154. The summed E-state index contributed by atoms with van der Waals surface area (Å²) in [6.07, 6.45) is 0.972. The summed E-state index contributed by atoms with van der Waals surface area (Å²) in [7, 11) is 0. The van der Waals surface area contributed by atoms with E-state index in [2.05, 4.69) is 76.7 Å². The summed E-state index contributed by atoms with van der Waals surface area (Å²) in [5.74, 6) is 0. The Morgan fingerprint density at radius 3 is 2.45 bits per heavy atom. The Kier molecular flexibility index (Phi) is 3.92. The van der Waals surface area contributed by atoms with Crippen molar-refractivity contribution < 1.29 is 0 Å². The van der Waals surface area contributed by atoms with Crippen LogP contribution in [0.15, 0.2) is 53.0 Å². The van der Waals surface area contributed by atoms with Crippen molar-refractivity contribution in [3.05, 3.63) is 69.7 Å². The van der Waals surface area contributed by atoms with Crippen molar-refractivity contribution in [1.82, 2.24) is 5.32 Å². The molecule has 2 aromatic rings. The lowest BCUT2D eigenvalue weighted by Crippen LogP contribution is -2.23. The van der Waals surface area contributed by atoms with E-state index in [1.807, 2.05) is 0 Å². The molecule has 1 aliphatic carbocycles. The Labute approximate surface area is 128 Å². The third kappa shape index (κ3) is 2.66. The number of halogens is 1. The molecule has 104 valence electrons. The van der Waals surface area contributed by atoms with Gasteiger partial charge in [-0.3, -0.25) is 0 Å². The number of nitrogens with two attached hydrogens (primary N) is 1. The van der Waals surface area contributed by atoms with Gasteiger partial charge >= 0.3 is 0 Å². The molecule has 1 aliphatic rings. The van der Waals surface area contributed by atoms with Crippen molar-refractivity contribution in [2.45, 2.75) is 31.5 Å². The molecular weight excluding hydrogens is 312 g/mol. The monoisotopic (exact) mass is 330 g/mol. The fraction of sp³-hybridized carbons (Fsp3) is 0.294. The Morgan fingerprint density at radius 1 is 1.10 bits per heavy atom.